The van der Waals surface area contributed by atoms with Crippen molar-refractivity contribution in [2.45, 2.75) is 25.7 Å². The molecule has 0 aliphatic carbocycles. The van der Waals surface area contributed by atoms with Crippen LogP contribution >= 0.6 is 11.3 Å². The smallest absolute Gasteiger partial charge is 0.321 e. The van der Waals surface area contributed by atoms with Crippen LogP contribution in [-0.4, -0.2) is 40.1 Å². The van der Waals surface area contributed by atoms with Gasteiger partial charge in [0.25, 0.3) is 5.91 Å². The minimum absolute atomic E-state index is 0.0821. The van der Waals surface area contributed by atoms with Gasteiger partial charge in [-0.1, -0.05) is 47.2 Å². The predicted molar refractivity (Wildman–Crippen MR) is 118 cm³/mol. The Morgan fingerprint density at radius 3 is 2.50 bits per heavy atom. The van der Waals surface area contributed by atoms with Crippen LogP contribution in [0.2, 0.25) is 0 Å². The average Bonchev–Trinajstić information content (AvgIpc) is 3.27. The van der Waals surface area contributed by atoms with Crippen molar-refractivity contribution in [2.75, 3.05) is 23.7 Å². The van der Waals surface area contributed by atoms with Crippen LogP contribution in [0.1, 0.15) is 39.1 Å². The predicted octanol–water partition coefficient (Wildman–Crippen LogP) is 4.51. The van der Waals surface area contributed by atoms with E-state index in [1.807, 2.05) is 61.5 Å². The first-order valence-corrected chi connectivity index (χ1v) is 10.7. The molecule has 4 rings (SSSR count). The van der Waals surface area contributed by atoms with Crippen molar-refractivity contribution in [2.24, 2.45) is 0 Å². The number of carbonyl (C=O) groups excluding carboxylic acids is 2. The molecular weight excluding hydrogens is 398 g/mol. The van der Waals surface area contributed by atoms with Gasteiger partial charge in [-0.3, -0.25) is 4.79 Å². The Bertz CT molecular complexity index is 1020. The van der Waals surface area contributed by atoms with Crippen molar-refractivity contribution < 1.29 is 9.59 Å². The van der Waals surface area contributed by atoms with Crippen LogP contribution in [-0.2, 0) is 0 Å². The zero-order valence-electron chi connectivity index (χ0n) is 16.7. The summed E-state index contributed by atoms with van der Waals surface area (Å²) in [5, 5.41) is 15.2. The SMILES string of the molecule is Cc1ccc(NC(=O)c2nnc([C@@H]3CCCN(C(=O)Nc4ccccc4)C3)s2)cc1. The van der Waals surface area contributed by atoms with Gasteiger partial charge in [-0.05, 0) is 44.0 Å². The fraction of sp³-hybridized carbons (Fsp3) is 0.273. The third-order valence-corrected chi connectivity index (χ3v) is 6.11. The molecule has 8 heteroatoms. The molecule has 2 heterocycles. The second kappa shape index (κ2) is 9.04. The minimum Gasteiger partial charge on any atom is -0.324 e. The quantitative estimate of drug-likeness (QED) is 0.649. The number of carbonyl (C=O) groups is 2. The normalized spacial score (nSPS) is 16.2. The summed E-state index contributed by atoms with van der Waals surface area (Å²) in [6.07, 6.45) is 1.81. The monoisotopic (exact) mass is 421 g/mol. The number of urea groups is 1. The summed E-state index contributed by atoms with van der Waals surface area (Å²) in [5.74, 6) is -0.184. The molecule has 0 spiro atoms. The van der Waals surface area contributed by atoms with Gasteiger partial charge in [0.05, 0.1) is 0 Å². The van der Waals surface area contributed by atoms with Gasteiger partial charge in [0.15, 0.2) is 0 Å². The van der Waals surface area contributed by atoms with Gasteiger partial charge >= 0.3 is 6.03 Å². The van der Waals surface area contributed by atoms with Gasteiger partial charge in [-0.15, -0.1) is 10.2 Å². The number of anilines is 2. The summed E-state index contributed by atoms with van der Waals surface area (Å²) in [5.41, 5.74) is 2.63. The van der Waals surface area contributed by atoms with E-state index in [2.05, 4.69) is 20.8 Å². The third-order valence-electron chi connectivity index (χ3n) is 5.03. The van der Waals surface area contributed by atoms with Gasteiger partial charge in [0.2, 0.25) is 5.01 Å². The van der Waals surface area contributed by atoms with Crippen molar-refractivity contribution >= 4 is 34.6 Å². The molecule has 30 heavy (non-hydrogen) atoms. The summed E-state index contributed by atoms with van der Waals surface area (Å²) in [7, 11) is 0. The van der Waals surface area contributed by atoms with E-state index in [1.54, 1.807) is 4.90 Å². The van der Waals surface area contributed by atoms with Gasteiger partial charge in [-0.2, -0.15) is 0 Å². The highest BCUT2D eigenvalue weighted by Crippen LogP contribution is 2.29. The van der Waals surface area contributed by atoms with E-state index in [-0.39, 0.29) is 17.9 Å². The fourth-order valence-electron chi connectivity index (χ4n) is 3.40. The number of piperidine rings is 1. The highest BCUT2D eigenvalue weighted by molar-refractivity contribution is 7.13. The van der Waals surface area contributed by atoms with Gasteiger partial charge in [0.1, 0.15) is 5.01 Å². The van der Waals surface area contributed by atoms with E-state index in [0.29, 0.717) is 18.1 Å². The zero-order chi connectivity index (χ0) is 20.9. The minimum atomic E-state index is -0.267. The Morgan fingerprint density at radius 2 is 1.73 bits per heavy atom. The van der Waals surface area contributed by atoms with Crippen molar-refractivity contribution in [1.29, 1.82) is 0 Å². The topological polar surface area (TPSA) is 87.2 Å². The molecule has 3 aromatic rings. The Kier molecular flexibility index (Phi) is 6.04. The number of aryl methyl sites for hydroxylation is 1. The second-order valence-corrected chi connectivity index (χ2v) is 8.36. The second-order valence-electron chi connectivity index (χ2n) is 7.35. The van der Waals surface area contributed by atoms with Crippen LogP contribution in [0.4, 0.5) is 16.2 Å². The maximum Gasteiger partial charge on any atom is 0.321 e. The van der Waals surface area contributed by atoms with E-state index >= 15 is 0 Å². The number of para-hydroxylation sites is 1. The van der Waals surface area contributed by atoms with E-state index in [9.17, 15) is 9.59 Å². The Morgan fingerprint density at radius 1 is 1.00 bits per heavy atom. The molecule has 7 nitrogen and oxygen atoms in total. The molecule has 1 atom stereocenters. The zero-order valence-corrected chi connectivity index (χ0v) is 17.5. The number of likely N-dealkylation sites (tertiary alicyclic amines) is 1. The number of nitrogens with zero attached hydrogens (tertiary/aromatic N) is 3. The van der Waals surface area contributed by atoms with Crippen LogP contribution in [0.15, 0.2) is 54.6 Å². The van der Waals surface area contributed by atoms with Crippen molar-refractivity contribution in [3.8, 4) is 0 Å². The average molecular weight is 422 g/mol. The van der Waals surface area contributed by atoms with Crippen LogP contribution in [0.25, 0.3) is 0 Å². The highest BCUT2D eigenvalue weighted by atomic mass is 32.1. The molecule has 2 N–H and O–H groups in total. The fourth-order valence-corrected chi connectivity index (χ4v) is 4.26. The van der Waals surface area contributed by atoms with Gasteiger partial charge in [-0.25, -0.2) is 4.79 Å². The lowest BCUT2D eigenvalue weighted by Gasteiger charge is -2.31. The van der Waals surface area contributed by atoms with Crippen LogP contribution in [0, 0.1) is 6.92 Å². The van der Waals surface area contributed by atoms with E-state index in [0.717, 1.165) is 34.8 Å². The largest absolute Gasteiger partial charge is 0.324 e. The maximum atomic E-state index is 12.6. The molecule has 1 aliphatic heterocycles. The van der Waals surface area contributed by atoms with E-state index in [4.69, 9.17) is 0 Å². The number of aromatic nitrogens is 2. The molecule has 1 aromatic heterocycles. The Hall–Kier alpha value is -3.26. The number of nitrogens with one attached hydrogen (secondary N) is 2. The number of rotatable bonds is 4. The number of amides is 3. The molecular formula is C22H23N5O2S. The lowest BCUT2D eigenvalue weighted by molar-refractivity contribution is 0.102. The third kappa shape index (κ3) is 4.83. The summed E-state index contributed by atoms with van der Waals surface area (Å²) in [4.78, 5) is 26.9. The van der Waals surface area contributed by atoms with Crippen molar-refractivity contribution in [3.05, 3.63) is 70.2 Å². The lowest BCUT2D eigenvalue weighted by Crippen LogP contribution is -2.41. The van der Waals surface area contributed by atoms with Crippen molar-refractivity contribution in [1.82, 2.24) is 15.1 Å². The Balaban J connectivity index is 1.38. The lowest BCUT2D eigenvalue weighted by atomic mass is 9.99. The van der Waals surface area contributed by atoms with Crippen LogP contribution in [0.3, 0.4) is 0 Å². The van der Waals surface area contributed by atoms with E-state index < -0.39 is 0 Å². The first-order chi connectivity index (χ1) is 14.6. The molecule has 1 aliphatic rings. The Labute approximate surface area is 179 Å². The molecule has 2 aromatic carbocycles. The molecule has 0 radical (unpaired) electrons. The first-order valence-electron chi connectivity index (χ1n) is 9.91. The van der Waals surface area contributed by atoms with E-state index in [1.165, 1.54) is 11.3 Å². The highest BCUT2D eigenvalue weighted by Gasteiger charge is 2.28. The number of benzene rings is 2. The standard InChI is InChI=1S/C22H23N5O2S/c1-15-9-11-18(12-10-15)23-19(28)21-26-25-20(30-21)16-6-5-13-27(14-16)22(29)24-17-7-3-2-4-8-17/h2-4,7-12,16H,5-6,13-14H2,1H3,(H,23,28)(H,24,29)/t16-/m1/s1. The molecule has 0 bridgehead atoms. The van der Waals surface area contributed by atoms with Crippen LogP contribution < -0.4 is 10.6 Å². The maximum absolute atomic E-state index is 12.6. The molecule has 3 amide bonds. The van der Waals surface area contributed by atoms with Crippen molar-refractivity contribution in [3.63, 3.8) is 0 Å². The molecule has 0 unspecified atom stereocenters. The number of hydrogen-bond donors (Lipinski definition) is 2. The molecule has 154 valence electrons. The number of hydrogen-bond acceptors (Lipinski definition) is 5. The summed E-state index contributed by atoms with van der Waals surface area (Å²) < 4.78 is 0. The van der Waals surface area contributed by atoms with Crippen LogP contribution in [0.5, 0.6) is 0 Å². The van der Waals surface area contributed by atoms with Gasteiger partial charge in [0, 0.05) is 30.4 Å². The summed E-state index contributed by atoms with van der Waals surface area (Å²) in [6.45, 7) is 3.26. The molecule has 1 saturated heterocycles. The van der Waals surface area contributed by atoms with Gasteiger partial charge < -0.3 is 15.5 Å². The summed E-state index contributed by atoms with van der Waals surface area (Å²) >= 11 is 1.30. The first kappa shape index (κ1) is 20.0. The summed E-state index contributed by atoms with van der Waals surface area (Å²) in [6, 6.07) is 16.9. The molecule has 1 fully saturated rings. The molecule has 0 saturated carbocycles.